The molecule has 3 aromatic carbocycles. The van der Waals surface area contributed by atoms with Gasteiger partial charge in [-0.3, -0.25) is 9.59 Å². The van der Waals surface area contributed by atoms with E-state index in [0.717, 1.165) is 96.4 Å². The summed E-state index contributed by atoms with van der Waals surface area (Å²) in [6, 6.07) is 11.7. The van der Waals surface area contributed by atoms with Gasteiger partial charge in [-0.05, 0) is 121 Å². The molecule has 0 unspecified atom stereocenters. The largest absolute Gasteiger partial charge is 0.504 e. The van der Waals surface area contributed by atoms with Crippen molar-refractivity contribution < 1.29 is 63.9 Å². The summed E-state index contributed by atoms with van der Waals surface area (Å²) in [7, 11) is 6.22. The number of benzene rings is 3. The van der Waals surface area contributed by atoms with E-state index in [1.807, 2.05) is 31.3 Å². The molecule has 3 saturated carbocycles. The summed E-state index contributed by atoms with van der Waals surface area (Å²) in [5.41, 5.74) is 3.45. The number of halogens is 1. The summed E-state index contributed by atoms with van der Waals surface area (Å²) in [6.07, 6.45) is 5.91. The lowest BCUT2D eigenvalue weighted by Gasteiger charge is -2.64. The van der Waals surface area contributed by atoms with Gasteiger partial charge in [-0.15, -0.1) is 12.4 Å². The molecule has 3 aromatic rings. The molecule has 16 rings (SSSR count). The molecule has 72 heavy (non-hydrogen) atoms. The van der Waals surface area contributed by atoms with Crippen LogP contribution < -0.4 is 14.2 Å². The number of aliphatic hydroxyl groups excluding tert-OH is 2. The van der Waals surface area contributed by atoms with Gasteiger partial charge in [0.15, 0.2) is 41.4 Å². The summed E-state index contributed by atoms with van der Waals surface area (Å²) in [6.45, 7) is 3.53. The van der Waals surface area contributed by atoms with Crippen LogP contribution in [0.4, 0.5) is 0 Å². The van der Waals surface area contributed by atoms with Gasteiger partial charge < -0.3 is 69.0 Å². The first-order valence-electron chi connectivity index (χ1n) is 26.1. The first-order valence-corrected chi connectivity index (χ1v) is 26.1. The average molecular weight is 1010 g/mol. The van der Waals surface area contributed by atoms with Gasteiger partial charge in [-0.2, -0.15) is 0 Å². The number of Topliss-reactive ketones (excluding diaryl/α,β-unsaturated/α-hetero) is 2. The number of ether oxygens (including phenoxy) is 5. The standard InChI is InChI=1S/C20H25NO5.C18H21NO4.C17H19NO4.ClH/c1-21-7-6-18-15-12-2-3-13(11-22)16(15)26-17(18)20(24-8-9-25-20)5-4-19(18,23)14(21)10-12;1-19-7-6-17-14-10-2-3-11(9-20)15(14)23-16(17)12(21)4-5-18(17,22)13(19)8-10;1-18-7-6-16-13-9-2-3-10(19)14(13)22-15(16)11(20)4-5-17(16,21)12(18)8-9;/h2-3,14,17,22-23H,4-11H2,1H3;2-3,13,16,20,22H,4-9H2,1H3;2-3,12,15,19,21H,4-8H2,1H3;1H/t14-,17-,18+,19-;13-,16+,17+,18-;12-,15+,16+,17-;/m111./s1. The highest BCUT2D eigenvalue weighted by Crippen LogP contribution is 2.69. The molecule has 7 aliphatic heterocycles. The molecule has 6 bridgehead atoms. The second-order valence-electron chi connectivity index (χ2n) is 23.4. The van der Waals surface area contributed by atoms with Crippen molar-refractivity contribution in [2.75, 3.05) is 54.0 Å². The van der Waals surface area contributed by atoms with Gasteiger partial charge in [0.05, 0.1) is 59.5 Å². The fourth-order valence-electron chi connectivity index (χ4n) is 17.9. The van der Waals surface area contributed by atoms with Crippen molar-refractivity contribution in [3.05, 3.63) is 80.9 Å². The normalized spacial score (nSPS) is 41.0. The fraction of sp³-hybridized carbons (Fsp3) is 0.636. The number of nitrogens with zero attached hydrogens (tertiary/aromatic N) is 3. The zero-order valence-electron chi connectivity index (χ0n) is 41.2. The minimum atomic E-state index is -0.954. The lowest BCUT2D eigenvalue weighted by molar-refractivity contribution is -0.295. The number of rotatable bonds is 2. The van der Waals surface area contributed by atoms with E-state index in [2.05, 4.69) is 34.9 Å². The summed E-state index contributed by atoms with van der Waals surface area (Å²) in [4.78, 5) is 31.9. The average Bonchev–Trinajstić information content (AvgIpc) is 4.15. The molecule has 16 nitrogen and oxygen atoms in total. The highest BCUT2D eigenvalue weighted by atomic mass is 35.5. The van der Waals surface area contributed by atoms with E-state index in [0.29, 0.717) is 69.7 Å². The number of phenolic OH excluding ortho intramolecular Hbond substituents is 1. The molecule has 386 valence electrons. The van der Waals surface area contributed by atoms with Gasteiger partial charge in [-0.1, -0.05) is 30.3 Å². The highest BCUT2D eigenvalue weighted by Gasteiger charge is 2.78. The van der Waals surface area contributed by atoms with E-state index in [1.54, 1.807) is 6.07 Å². The topological polar surface area (TPSA) is 211 Å². The van der Waals surface area contributed by atoms with Crippen LogP contribution in [0, 0.1) is 0 Å². The smallest absolute Gasteiger partial charge is 0.207 e. The number of aliphatic hydroxyl groups is 5. The number of likely N-dealkylation sites (tertiary alicyclic amines) is 3. The Hall–Kier alpha value is -3.91. The number of hydrogen-bond acceptors (Lipinski definition) is 16. The van der Waals surface area contributed by atoms with Gasteiger partial charge in [-0.25, -0.2) is 0 Å². The van der Waals surface area contributed by atoms with E-state index in [4.69, 9.17) is 23.7 Å². The Morgan fingerprint density at radius 3 is 1.46 bits per heavy atom. The van der Waals surface area contributed by atoms with Gasteiger partial charge in [0.2, 0.25) is 5.79 Å². The molecule has 6 aliphatic carbocycles. The van der Waals surface area contributed by atoms with Gasteiger partial charge >= 0.3 is 0 Å². The zero-order valence-corrected chi connectivity index (χ0v) is 42.0. The lowest BCUT2D eigenvalue weighted by Crippen LogP contribution is -2.79. The number of hydrogen-bond donors (Lipinski definition) is 6. The molecule has 4 saturated heterocycles. The fourth-order valence-corrected chi connectivity index (χ4v) is 17.9. The number of carbonyl (C=O) groups is 2. The third kappa shape index (κ3) is 5.38. The number of phenols is 1. The highest BCUT2D eigenvalue weighted by molar-refractivity contribution is 5.91. The molecule has 7 fully saturated rings. The van der Waals surface area contributed by atoms with E-state index in [9.17, 15) is 40.2 Å². The van der Waals surface area contributed by atoms with Crippen molar-refractivity contribution in [1.82, 2.24) is 14.7 Å². The lowest BCUT2D eigenvalue weighted by atomic mass is 9.48. The zero-order chi connectivity index (χ0) is 49.0. The molecule has 0 aromatic heterocycles. The van der Waals surface area contributed by atoms with Crippen molar-refractivity contribution >= 4 is 24.0 Å². The third-order valence-electron chi connectivity index (χ3n) is 21.1. The van der Waals surface area contributed by atoms with E-state index < -0.39 is 51.0 Å². The van der Waals surface area contributed by atoms with Crippen LogP contribution in [-0.4, -0.2) is 170 Å². The molecule has 0 amide bonds. The van der Waals surface area contributed by atoms with Crippen LogP contribution >= 0.6 is 12.4 Å². The monoisotopic (exact) mass is 1010 g/mol. The Morgan fingerprint density at radius 2 is 0.958 bits per heavy atom. The number of likely N-dealkylation sites (N-methyl/N-ethyl adjacent to an activating group) is 3. The van der Waals surface area contributed by atoms with Crippen LogP contribution in [0.5, 0.6) is 23.0 Å². The van der Waals surface area contributed by atoms with Crippen molar-refractivity contribution in [2.24, 2.45) is 0 Å². The number of ketones is 2. The Balaban J connectivity index is 0.000000105. The van der Waals surface area contributed by atoms with Crippen LogP contribution in [0.3, 0.4) is 0 Å². The van der Waals surface area contributed by atoms with Crippen molar-refractivity contribution in [2.45, 2.75) is 166 Å². The number of carbonyl (C=O) groups excluding carboxylic acids is 2. The van der Waals surface area contributed by atoms with Gasteiger partial charge in [0.1, 0.15) is 11.5 Å². The first kappa shape index (κ1) is 47.8. The number of piperidine rings is 3. The molecule has 7 heterocycles. The Labute approximate surface area is 424 Å². The maximum absolute atomic E-state index is 12.6. The Morgan fingerprint density at radius 1 is 0.542 bits per heavy atom. The quantitative estimate of drug-likeness (QED) is 0.218. The van der Waals surface area contributed by atoms with Crippen molar-refractivity contribution in [1.29, 1.82) is 0 Å². The van der Waals surface area contributed by atoms with Crippen molar-refractivity contribution in [3.63, 3.8) is 0 Å². The predicted octanol–water partition coefficient (Wildman–Crippen LogP) is 2.40. The Kier molecular flexibility index (Phi) is 10.3. The van der Waals surface area contributed by atoms with Crippen LogP contribution in [0.2, 0.25) is 0 Å². The van der Waals surface area contributed by atoms with Crippen molar-refractivity contribution in [3.8, 4) is 23.0 Å². The second-order valence-corrected chi connectivity index (χ2v) is 23.4. The summed E-state index contributed by atoms with van der Waals surface area (Å²) in [5.74, 6) is 1.28. The molecular weight excluding hydrogens is 946 g/mol. The van der Waals surface area contributed by atoms with Crippen LogP contribution in [0.1, 0.15) is 102 Å². The number of fused-ring (bicyclic) bond motifs is 1. The van der Waals surface area contributed by atoms with Crippen LogP contribution in [0.15, 0.2) is 36.4 Å². The molecule has 13 aliphatic rings. The molecular formula is C55H66ClN3O13. The minimum absolute atomic E-state index is 0. The predicted molar refractivity (Wildman–Crippen MR) is 260 cm³/mol. The second kappa shape index (κ2) is 15.6. The maximum Gasteiger partial charge on any atom is 0.207 e. The Bertz CT molecular complexity index is 2840. The van der Waals surface area contributed by atoms with Crippen LogP contribution in [-0.2, 0) is 67.8 Å². The van der Waals surface area contributed by atoms with E-state index in [-0.39, 0.29) is 67.2 Å². The SMILES string of the molecule is CN1CC[C@]23c4c5ccc(CO)c4O[C@H]2C(=O)CC[C@@]3(O)[C@H]1C5.CN1CC[C@]23c4c5ccc(CO)c4O[C@H]2C2(CC[C@@]3(O)[C@H]1C5)OCCO2.CN1CC[C@]23c4c5ccc(O)c4O[C@H]2C(=O)CC[C@@]3(O)[C@H]1C5.Cl. The van der Waals surface area contributed by atoms with Crippen LogP contribution in [0.25, 0.3) is 0 Å². The van der Waals surface area contributed by atoms with Gasteiger partial charge in [0.25, 0.3) is 0 Å². The molecule has 0 radical (unpaired) electrons. The molecule has 12 atom stereocenters. The number of aromatic hydroxyl groups is 1. The molecule has 6 N–H and O–H groups in total. The summed E-state index contributed by atoms with van der Waals surface area (Å²) >= 11 is 0. The summed E-state index contributed by atoms with van der Waals surface area (Å²) in [5, 5.41) is 65.2. The third-order valence-corrected chi connectivity index (χ3v) is 21.1. The first-order chi connectivity index (χ1) is 34.1. The summed E-state index contributed by atoms with van der Waals surface area (Å²) < 4.78 is 30.9. The molecule has 17 heteroatoms. The van der Waals surface area contributed by atoms with E-state index in [1.165, 1.54) is 5.56 Å². The molecule has 4 spiro atoms. The maximum atomic E-state index is 12.6. The van der Waals surface area contributed by atoms with E-state index >= 15 is 0 Å². The van der Waals surface area contributed by atoms with Gasteiger partial charge in [0, 0.05) is 65.2 Å². The minimum Gasteiger partial charge on any atom is -0.504 e.